The van der Waals surface area contributed by atoms with E-state index in [1.54, 1.807) is 6.07 Å². The van der Waals surface area contributed by atoms with Crippen molar-refractivity contribution in [1.82, 2.24) is 10.3 Å². The number of hydrogen-bond acceptors (Lipinski definition) is 4. The molecule has 0 aromatic carbocycles. The van der Waals surface area contributed by atoms with Crippen LogP contribution >= 0.6 is 0 Å². The van der Waals surface area contributed by atoms with Crippen LogP contribution in [0.2, 0.25) is 0 Å². The predicted octanol–water partition coefficient (Wildman–Crippen LogP) is 0.177. The first-order chi connectivity index (χ1) is 10.4. The zero-order chi connectivity index (χ0) is 15.7. The summed E-state index contributed by atoms with van der Waals surface area (Å²) in [4.78, 5) is 26.5. The summed E-state index contributed by atoms with van der Waals surface area (Å²) in [5.41, 5.74) is -0.128. The molecule has 2 N–H and O–H groups in total. The van der Waals surface area contributed by atoms with Gasteiger partial charge in [0.15, 0.2) is 9.84 Å². The second kappa shape index (κ2) is 5.46. The third kappa shape index (κ3) is 3.46. The molecule has 1 aliphatic carbocycles. The molecule has 114 valence electrons. The molecule has 1 amide bonds. The van der Waals surface area contributed by atoms with Crippen LogP contribution in [0.5, 0.6) is 0 Å². The SMILES string of the molecule is O=C(N[C@@H]1C=CS(=O)(=O)C1)c1ccc(C#CC2CC2)[nH]c1=O. The van der Waals surface area contributed by atoms with E-state index in [0.29, 0.717) is 11.6 Å². The maximum atomic E-state index is 12.0. The van der Waals surface area contributed by atoms with Gasteiger partial charge in [-0.25, -0.2) is 8.42 Å². The minimum absolute atomic E-state index is 0.0605. The number of nitrogens with one attached hydrogen (secondary N) is 2. The van der Waals surface area contributed by atoms with E-state index in [-0.39, 0.29) is 11.3 Å². The highest BCUT2D eigenvalue weighted by Crippen LogP contribution is 2.27. The second-order valence-corrected chi connectivity index (χ2v) is 7.33. The first kappa shape index (κ1) is 14.6. The van der Waals surface area contributed by atoms with E-state index < -0.39 is 27.3 Å². The fraction of sp³-hybridized carbons (Fsp3) is 0.333. The Balaban J connectivity index is 1.72. The Labute approximate surface area is 127 Å². The van der Waals surface area contributed by atoms with Crippen LogP contribution in [0.4, 0.5) is 0 Å². The Morgan fingerprint density at radius 1 is 1.32 bits per heavy atom. The van der Waals surface area contributed by atoms with Crippen molar-refractivity contribution < 1.29 is 13.2 Å². The van der Waals surface area contributed by atoms with Crippen molar-refractivity contribution in [3.63, 3.8) is 0 Å². The number of aromatic amines is 1. The first-order valence-corrected chi connectivity index (χ1v) is 8.61. The topological polar surface area (TPSA) is 96.1 Å². The Bertz CT molecular complexity index is 867. The zero-order valence-corrected chi connectivity index (χ0v) is 12.4. The summed E-state index contributed by atoms with van der Waals surface area (Å²) in [6.45, 7) is 0. The fourth-order valence-electron chi connectivity index (χ4n) is 2.04. The molecule has 1 aromatic heterocycles. The van der Waals surface area contributed by atoms with Crippen molar-refractivity contribution in [2.45, 2.75) is 18.9 Å². The van der Waals surface area contributed by atoms with Crippen LogP contribution in [0, 0.1) is 17.8 Å². The average molecular weight is 318 g/mol. The molecule has 7 heteroatoms. The highest BCUT2D eigenvalue weighted by Gasteiger charge is 2.24. The maximum absolute atomic E-state index is 12.0. The van der Waals surface area contributed by atoms with Gasteiger partial charge in [0.25, 0.3) is 11.5 Å². The molecule has 22 heavy (non-hydrogen) atoms. The molecule has 0 bridgehead atoms. The molecule has 2 aliphatic rings. The molecule has 0 unspecified atom stereocenters. The van der Waals surface area contributed by atoms with E-state index in [0.717, 1.165) is 18.2 Å². The average Bonchev–Trinajstić information content (AvgIpc) is 3.21. The molecule has 2 heterocycles. The molecule has 1 atom stereocenters. The van der Waals surface area contributed by atoms with E-state index in [2.05, 4.69) is 22.1 Å². The van der Waals surface area contributed by atoms with Gasteiger partial charge in [-0.05, 0) is 37.0 Å². The number of hydrogen-bond donors (Lipinski definition) is 2. The van der Waals surface area contributed by atoms with E-state index in [9.17, 15) is 18.0 Å². The van der Waals surface area contributed by atoms with Gasteiger partial charge in [-0.3, -0.25) is 9.59 Å². The lowest BCUT2D eigenvalue weighted by atomic mass is 10.2. The minimum atomic E-state index is -3.25. The summed E-state index contributed by atoms with van der Waals surface area (Å²) >= 11 is 0. The lowest BCUT2D eigenvalue weighted by molar-refractivity contribution is 0.0946. The number of aromatic nitrogens is 1. The van der Waals surface area contributed by atoms with Crippen molar-refractivity contribution in [2.24, 2.45) is 5.92 Å². The molecular weight excluding hydrogens is 304 g/mol. The van der Waals surface area contributed by atoms with Crippen molar-refractivity contribution in [1.29, 1.82) is 0 Å². The van der Waals surface area contributed by atoms with Crippen LogP contribution in [0.15, 0.2) is 28.4 Å². The van der Waals surface area contributed by atoms with Crippen LogP contribution in [0.1, 0.15) is 28.9 Å². The number of sulfone groups is 1. The van der Waals surface area contributed by atoms with Crippen LogP contribution in [0.3, 0.4) is 0 Å². The monoisotopic (exact) mass is 318 g/mol. The standard InChI is InChI=1S/C15H14N2O4S/c18-14-13(6-5-11(16-14)4-3-10-1-2-10)15(19)17-12-7-8-22(20,21)9-12/h5-8,10,12H,1-2,9H2,(H,16,18)(H,17,19)/t12-/m1/s1. The van der Waals surface area contributed by atoms with Crippen LogP contribution in [-0.4, -0.2) is 31.1 Å². The molecule has 6 nitrogen and oxygen atoms in total. The van der Waals surface area contributed by atoms with Crippen molar-refractivity contribution in [3.8, 4) is 11.8 Å². The summed E-state index contributed by atoms with van der Waals surface area (Å²) in [6, 6.07) is 2.37. The van der Waals surface area contributed by atoms with E-state index >= 15 is 0 Å². The number of carbonyl (C=O) groups excluding carboxylic acids is 1. The molecule has 0 radical (unpaired) electrons. The number of pyridine rings is 1. The van der Waals surface area contributed by atoms with Gasteiger partial charge in [-0.2, -0.15) is 0 Å². The van der Waals surface area contributed by atoms with Gasteiger partial charge < -0.3 is 10.3 Å². The smallest absolute Gasteiger partial charge is 0.261 e. The summed E-state index contributed by atoms with van der Waals surface area (Å²) in [5.74, 6) is 5.53. The molecule has 3 rings (SSSR count). The highest BCUT2D eigenvalue weighted by atomic mass is 32.2. The lowest BCUT2D eigenvalue weighted by Gasteiger charge is -2.09. The van der Waals surface area contributed by atoms with Crippen LogP contribution < -0.4 is 10.9 Å². The van der Waals surface area contributed by atoms with Gasteiger partial charge in [0.2, 0.25) is 0 Å². The Morgan fingerprint density at radius 3 is 2.68 bits per heavy atom. The number of carbonyl (C=O) groups is 1. The molecule has 1 saturated carbocycles. The largest absolute Gasteiger partial charge is 0.345 e. The molecule has 0 spiro atoms. The van der Waals surface area contributed by atoms with Crippen molar-refractivity contribution in [2.75, 3.05) is 5.75 Å². The first-order valence-electron chi connectivity index (χ1n) is 6.90. The summed E-state index contributed by atoms with van der Waals surface area (Å²) < 4.78 is 22.6. The molecule has 1 aromatic rings. The molecule has 1 fully saturated rings. The maximum Gasteiger partial charge on any atom is 0.261 e. The Hall–Kier alpha value is -2.33. The number of H-pyrrole nitrogens is 1. The summed E-state index contributed by atoms with van der Waals surface area (Å²) in [5, 5.41) is 3.58. The Kier molecular flexibility index (Phi) is 3.62. The summed E-state index contributed by atoms with van der Waals surface area (Å²) in [6.07, 6.45) is 3.59. The van der Waals surface area contributed by atoms with E-state index in [1.165, 1.54) is 12.1 Å². The van der Waals surface area contributed by atoms with E-state index in [4.69, 9.17) is 0 Å². The summed E-state index contributed by atoms with van der Waals surface area (Å²) in [7, 11) is -3.25. The third-order valence-corrected chi connectivity index (χ3v) is 4.78. The van der Waals surface area contributed by atoms with Gasteiger partial charge in [0, 0.05) is 11.3 Å². The molecule has 0 saturated heterocycles. The van der Waals surface area contributed by atoms with E-state index in [1.807, 2.05) is 0 Å². The normalized spacial score (nSPS) is 21.9. The van der Waals surface area contributed by atoms with Gasteiger partial charge in [0.05, 0.1) is 17.5 Å². The lowest BCUT2D eigenvalue weighted by Crippen LogP contribution is -2.38. The van der Waals surface area contributed by atoms with Gasteiger partial charge in [0.1, 0.15) is 5.56 Å². The van der Waals surface area contributed by atoms with Gasteiger partial charge >= 0.3 is 0 Å². The van der Waals surface area contributed by atoms with Crippen molar-refractivity contribution >= 4 is 15.7 Å². The zero-order valence-electron chi connectivity index (χ0n) is 11.6. The van der Waals surface area contributed by atoms with Crippen molar-refractivity contribution in [3.05, 3.63) is 45.2 Å². The molecular formula is C15H14N2O4S. The highest BCUT2D eigenvalue weighted by molar-refractivity contribution is 7.94. The van der Waals surface area contributed by atoms with Crippen LogP contribution in [0.25, 0.3) is 0 Å². The number of amides is 1. The molecule has 1 aliphatic heterocycles. The fourth-order valence-corrected chi connectivity index (χ4v) is 3.28. The van der Waals surface area contributed by atoms with Gasteiger partial charge in [-0.15, -0.1) is 0 Å². The minimum Gasteiger partial charge on any atom is -0.345 e. The Morgan fingerprint density at radius 2 is 2.09 bits per heavy atom. The predicted molar refractivity (Wildman–Crippen MR) is 80.8 cm³/mol. The van der Waals surface area contributed by atoms with Crippen LogP contribution in [-0.2, 0) is 9.84 Å². The third-order valence-electron chi connectivity index (χ3n) is 3.39. The van der Waals surface area contributed by atoms with Gasteiger partial charge in [-0.1, -0.05) is 5.92 Å². The second-order valence-electron chi connectivity index (χ2n) is 5.40. The quantitative estimate of drug-likeness (QED) is 0.760. The number of rotatable bonds is 2.